The van der Waals surface area contributed by atoms with Crippen molar-refractivity contribution >= 4 is 15.9 Å². The van der Waals surface area contributed by atoms with Crippen LogP contribution in [0.4, 0.5) is 0 Å². The molecule has 0 saturated heterocycles. The van der Waals surface area contributed by atoms with Gasteiger partial charge in [0.1, 0.15) is 0 Å². The van der Waals surface area contributed by atoms with E-state index in [4.69, 9.17) is 0 Å². The average molecular weight is 192 g/mol. The summed E-state index contributed by atoms with van der Waals surface area (Å²) < 4.78 is 0. The van der Waals surface area contributed by atoms with Crippen molar-refractivity contribution in [1.82, 2.24) is 4.90 Å². The quantitative estimate of drug-likeness (QED) is 0.660. The van der Waals surface area contributed by atoms with Crippen LogP contribution in [-0.4, -0.2) is 24.5 Å². The molecular weight excluding hydrogens is 178 g/mol. The molecule has 9 heavy (non-hydrogen) atoms. The van der Waals surface area contributed by atoms with Crippen LogP contribution in [-0.2, 0) is 0 Å². The van der Waals surface area contributed by atoms with Gasteiger partial charge in [-0.1, -0.05) is 35.9 Å². The molecule has 0 aromatic rings. The van der Waals surface area contributed by atoms with Crippen molar-refractivity contribution in [2.24, 2.45) is 0 Å². The third-order valence-corrected chi connectivity index (χ3v) is 1.72. The molecule has 0 amide bonds. The van der Waals surface area contributed by atoms with E-state index in [-0.39, 0.29) is 0 Å². The Hall–Kier alpha value is 0.180. The fourth-order valence-corrected chi connectivity index (χ4v) is 0.838. The molecule has 0 aromatic carbocycles. The Morgan fingerprint density at radius 1 is 1.33 bits per heavy atom. The minimum atomic E-state index is 1.05. The second-order valence-electron chi connectivity index (χ2n) is 1.85. The van der Waals surface area contributed by atoms with E-state index in [1.807, 2.05) is 4.99 Å². The SMILES string of the molecule is CCN(CC)CC=CBr. The van der Waals surface area contributed by atoms with Gasteiger partial charge in [-0.05, 0) is 18.1 Å². The predicted octanol–water partition coefficient (Wildman–Crippen LogP) is 2.24. The lowest BCUT2D eigenvalue weighted by Gasteiger charge is -2.14. The van der Waals surface area contributed by atoms with Gasteiger partial charge in [0, 0.05) is 6.54 Å². The number of hydrogen-bond donors (Lipinski definition) is 0. The van der Waals surface area contributed by atoms with Gasteiger partial charge in [-0.3, -0.25) is 0 Å². The van der Waals surface area contributed by atoms with Gasteiger partial charge >= 0.3 is 0 Å². The van der Waals surface area contributed by atoms with E-state index < -0.39 is 0 Å². The number of hydrogen-bond acceptors (Lipinski definition) is 1. The summed E-state index contributed by atoms with van der Waals surface area (Å²) in [6.07, 6.45) is 2.10. The topological polar surface area (TPSA) is 3.24 Å². The fourth-order valence-electron chi connectivity index (χ4n) is 0.671. The van der Waals surface area contributed by atoms with E-state index in [1.165, 1.54) is 0 Å². The Bertz CT molecular complexity index is 77.0. The van der Waals surface area contributed by atoms with E-state index in [2.05, 4.69) is 40.8 Å². The molecule has 2 heteroatoms. The van der Waals surface area contributed by atoms with E-state index in [0.717, 1.165) is 19.6 Å². The van der Waals surface area contributed by atoms with Crippen LogP contribution in [0.15, 0.2) is 11.1 Å². The smallest absolute Gasteiger partial charge is 0.0171 e. The summed E-state index contributed by atoms with van der Waals surface area (Å²) >= 11 is 3.23. The molecule has 0 radical (unpaired) electrons. The number of rotatable bonds is 4. The molecule has 54 valence electrons. The molecule has 0 saturated carbocycles. The normalized spacial score (nSPS) is 11.6. The minimum Gasteiger partial charge on any atom is -0.300 e. The van der Waals surface area contributed by atoms with Crippen molar-refractivity contribution in [3.8, 4) is 0 Å². The zero-order valence-electron chi connectivity index (χ0n) is 6.10. The largest absolute Gasteiger partial charge is 0.300 e. The van der Waals surface area contributed by atoms with E-state index >= 15 is 0 Å². The van der Waals surface area contributed by atoms with Gasteiger partial charge in [-0.25, -0.2) is 0 Å². The van der Waals surface area contributed by atoms with Crippen LogP contribution >= 0.6 is 15.9 Å². The summed E-state index contributed by atoms with van der Waals surface area (Å²) in [5.74, 6) is 0. The highest BCUT2D eigenvalue weighted by Crippen LogP contribution is 1.89. The molecule has 0 rings (SSSR count). The van der Waals surface area contributed by atoms with Crippen LogP contribution in [0.5, 0.6) is 0 Å². The molecule has 0 aliphatic heterocycles. The summed E-state index contributed by atoms with van der Waals surface area (Å²) in [5.41, 5.74) is 0. The number of nitrogens with zero attached hydrogens (tertiary/aromatic N) is 1. The Balaban J connectivity index is 3.31. The molecule has 0 atom stereocenters. The molecule has 0 unspecified atom stereocenters. The number of halogens is 1. The monoisotopic (exact) mass is 191 g/mol. The lowest BCUT2D eigenvalue weighted by Crippen LogP contribution is -2.22. The molecule has 0 aromatic heterocycles. The van der Waals surface area contributed by atoms with Crippen molar-refractivity contribution in [2.75, 3.05) is 19.6 Å². The Morgan fingerprint density at radius 3 is 2.22 bits per heavy atom. The maximum absolute atomic E-state index is 3.23. The summed E-state index contributed by atoms with van der Waals surface area (Å²) in [5, 5.41) is 0. The van der Waals surface area contributed by atoms with Crippen LogP contribution in [0.3, 0.4) is 0 Å². The van der Waals surface area contributed by atoms with E-state index in [9.17, 15) is 0 Å². The van der Waals surface area contributed by atoms with Crippen molar-refractivity contribution in [2.45, 2.75) is 13.8 Å². The molecule has 0 spiro atoms. The molecule has 0 bridgehead atoms. The van der Waals surface area contributed by atoms with Crippen LogP contribution in [0, 0.1) is 0 Å². The van der Waals surface area contributed by atoms with Crippen LogP contribution in [0.2, 0.25) is 0 Å². The predicted molar refractivity (Wildman–Crippen MR) is 45.9 cm³/mol. The van der Waals surface area contributed by atoms with E-state index in [1.54, 1.807) is 0 Å². The summed E-state index contributed by atoms with van der Waals surface area (Å²) in [6.45, 7) is 7.66. The van der Waals surface area contributed by atoms with Crippen LogP contribution in [0.1, 0.15) is 13.8 Å². The summed E-state index contributed by atoms with van der Waals surface area (Å²) in [4.78, 5) is 4.25. The highest BCUT2D eigenvalue weighted by molar-refractivity contribution is 9.11. The van der Waals surface area contributed by atoms with Crippen molar-refractivity contribution < 1.29 is 0 Å². The highest BCUT2D eigenvalue weighted by atomic mass is 79.9. The average Bonchev–Trinajstić information content (AvgIpc) is 1.91. The highest BCUT2D eigenvalue weighted by Gasteiger charge is 1.91. The Labute approximate surface area is 65.9 Å². The molecule has 0 aliphatic rings. The first-order valence-corrected chi connectivity index (χ1v) is 4.24. The molecule has 0 aliphatic carbocycles. The summed E-state index contributed by atoms with van der Waals surface area (Å²) in [6, 6.07) is 0. The van der Waals surface area contributed by atoms with Gasteiger partial charge < -0.3 is 4.90 Å². The van der Waals surface area contributed by atoms with Gasteiger partial charge in [0.2, 0.25) is 0 Å². The fraction of sp³-hybridized carbons (Fsp3) is 0.714. The minimum absolute atomic E-state index is 1.05. The standard InChI is InChI=1S/C7H14BrN/c1-3-9(4-2)7-5-6-8/h5-6H,3-4,7H2,1-2H3. The van der Waals surface area contributed by atoms with Crippen molar-refractivity contribution in [3.05, 3.63) is 11.1 Å². The lowest BCUT2D eigenvalue weighted by molar-refractivity contribution is 0.337. The first-order chi connectivity index (χ1) is 4.35. The zero-order valence-corrected chi connectivity index (χ0v) is 7.69. The van der Waals surface area contributed by atoms with Gasteiger partial charge in [-0.15, -0.1) is 0 Å². The first-order valence-electron chi connectivity index (χ1n) is 3.32. The van der Waals surface area contributed by atoms with Crippen molar-refractivity contribution in [3.63, 3.8) is 0 Å². The maximum atomic E-state index is 3.23. The van der Waals surface area contributed by atoms with Gasteiger partial charge in [0.05, 0.1) is 0 Å². The first kappa shape index (κ1) is 9.18. The molecular formula is C7H14BrN. The lowest BCUT2D eigenvalue weighted by atomic mass is 10.5. The number of likely N-dealkylation sites (N-methyl/N-ethyl adjacent to an activating group) is 1. The van der Waals surface area contributed by atoms with Gasteiger partial charge in [-0.2, -0.15) is 0 Å². The van der Waals surface area contributed by atoms with Crippen molar-refractivity contribution in [1.29, 1.82) is 0 Å². The molecule has 0 fully saturated rings. The molecule has 0 N–H and O–H groups in total. The second-order valence-corrected chi connectivity index (χ2v) is 2.38. The third kappa shape index (κ3) is 4.67. The van der Waals surface area contributed by atoms with Gasteiger partial charge in [0.25, 0.3) is 0 Å². The molecule has 0 heterocycles. The third-order valence-electron chi connectivity index (χ3n) is 1.35. The maximum Gasteiger partial charge on any atom is 0.0171 e. The Morgan fingerprint density at radius 2 is 1.89 bits per heavy atom. The van der Waals surface area contributed by atoms with Crippen LogP contribution < -0.4 is 0 Å². The summed E-state index contributed by atoms with van der Waals surface area (Å²) in [7, 11) is 0. The van der Waals surface area contributed by atoms with Gasteiger partial charge in [0.15, 0.2) is 0 Å². The molecule has 1 nitrogen and oxygen atoms in total. The zero-order chi connectivity index (χ0) is 7.11. The van der Waals surface area contributed by atoms with Crippen LogP contribution in [0.25, 0.3) is 0 Å². The Kier molecular flexibility index (Phi) is 6.43. The second kappa shape index (κ2) is 6.30. The van der Waals surface area contributed by atoms with E-state index in [0.29, 0.717) is 0 Å².